The number of carboxylic acids is 1. The molecule has 2 aromatic rings. The van der Waals surface area contributed by atoms with Gasteiger partial charge in [0.05, 0.1) is 16.0 Å². The first-order valence-electron chi connectivity index (χ1n) is 4.72. The predicted molar refractivity (Wildman–Crippen MR) is 60.7 cm³/mol. The lowest BCUT2D eigenvalue weighted by Crippen LogP contribution is -2.11. The summed E-state index contributed by atoms with van der Waals surface area (Å²) in [6.07, 6.45) is 0. The monoisotopic (exact) mass is 239 g/mol. The molecule has 0 aliphatic carbocycles. The Bertz CT molecular complexity index is 557. The van der Waals surface area contributed by atoms with E-state index in [-0.39, 0.29) is 11.3 Å². The van der Waals surface area contributed by atoms with Crippen molar-refractivity contribution in [2.75, 3.05) is 0 Å². The van der Waals surface area contributed by atoms with Crippen LogP contribution in [-0.4, -0.2) is 15.4 Å². The van der Waals surface area contributed by atoms with Crippen LogP contribution in [0.2, 0.25) is 0 Å². The van der Waals surface area contributed by atoms with Gasteiger partial charge in [0.1, 0.15) is 5.67 Å². The molecular weight excluding hydrogens is 229 g/mol. The van der Waals surface area contributed by atoms with Crippen molar-refractivity contribution in [3.63, 3.8) is 0 Å². The minimum absolute atomic E-state index is 0.104. The molecule has 0 spiro atoms. The summed E-state index contributed by atoms with van der Waals surface area (Å²) in [5, 5.41) is 9.46. The Kier molecular flexibility index (Phi) is 2.42. The quantitative estimate of drug-likeness (QED) is 0.875. The number of hydrogen-bond donors (Lipinski definition) is 1. The molecule has 0 aliphatic heterocycles. The molecule has 0 atom stereocenters. The normalized spacial score (nSPS) is 11.9. The van der Waals surface area contributed by atoms with E-state index in [4.69, 9.17) is 5.11 Å². The maximum atomic E-state index is 13.9. The molecule has 1 N–H and O–H groups in total. The standard InChI is InChI=1S/C11H10FNO2S/c1-11(2,12)9-8-6(10(14)15)4-3-5-7(8)16-13-9/h3-5H,1-2H3,(H,14,15). The van der Waals surface area contributed by atoms with E-state index in [1.807, 2.05) is 0 Å². The van der Waals surface area contributed by atoms with Gasteiger partial charge >= 0.3 is 5.97 Å². The topological polar surface area (TPSA) is 50.2 Å². The maximum absolute atomic E-state index is 13.9. The van der Waals surface area contributed by atoms with Crippen molar-refractivity contribution in [1.82, 2.24) is 4.37 Å². The Labute approximate surface area is 95.7 Å². The van der Waals surface area contributed by atoms with Gasteiger partial charge in [-0.15, -0.1) is 0 Å². The Morgan fingerprint density at radius 2 is 2.19 bits per heavy atom. The predicted octanol–water partition coefficient (Wildman–Crippen LogP) is 3.20. The number of benzene rings is 1. The molecule has 3 nitrogen and oxygen atoms in total. The second kappa shape index (κ2) is 3.52. The highest BCUT2D eigenvalue weighted by molar-refractivity contribution is 7.13. The highest BCUT2D eigenvalue weighted by Crippen LogP contribution is 2.34. The van der Waals surface area contributed by atoms with E-state index in [1.54, 1.807) is 12.1 Å². The molecule has 2 rings (SSSR count). The first-order valence-corrected chi connectivity index (χ1v) is 5.49. The molecule has 1 aromatic heterocycles. The van der Waals surface area contributed by atoms with Gasteiger partial charge in [0.15, 0.2) is 0 Å². The van der Waals surface area contributed by atoms with Gasteiger partial charge in [-0.3, -0.25) is 0 Å². The van der Waals surface area contributed by atoms with Crippen molar-refractivity contribution in [3.05, 3.63) is 29.5 Å². The Morgan fingerprint density at radius 1 is 1.50 bits per heavy atom. The largest absolute Gasteiger partial charge is 0.478 e. The van der Waals surface area contributed by atoms with Crippen LogP contribution < -0.4 is 0 Å². The summed E-state index contributed by atoms with van der Waals surface area (Å²) in [6, 6.07) is 4.85. The fraction of sp³-hybridized carbons (Fsp3) is 0.273. The second-order valence-corrected chi connectivity index (χ2v) is 4.79. The van der Waals surface area contributed by atoms with Gasteiger partial charge in [-0.1, -0.05) is 6.07 Å². The van der Waals surface area contributed by atoms with Crippen LogP contribution in [0.25, 0.3) is 10.1 Å². The highest BCUT2D eigenvalue weighted by atomic mass is 32.1. The smallest absolute Gasteiger partial charge is 0.336 e. The summed E-state index contributed by atoms with van der Waals surface area (Å²) in [4.78, 5) is 11.0. The first kappa shape index (κ1) is 11.0. The SMILES string of the molecule is CC(C)(F)c1nsc2cccc(C(=O)O)c12. The lowest BCUT2D eigenvalue weighted by atomic mass is 10.00. The van der Waals surface area contributed by atoms with Gasteiger partial charge in [0, 0.05) is 5.39 Å². The van der Waals surface area contributed by atoms with Crippen LogP contribution in [0.4, 0.5) is 4.39 Å². The molecule has 0 unspecified atom stereocenters. The number of halogens is 1. The minimum atomic E-state index is -1.64. The van der Waals surface area contributed by atoms with Crippen LogP contribution in [0, 0.1) is 0 Å². The molecule has 1 heterocycles. The number of carbonyl (C=O) groups is 1. The molecule has 0 aliphatic rings. The van der Waals surface area contributed by atoms with Gasteiger partial charge in [0.2, 0.25) is 0 Å². The molecule has 5 heteroatoms. The Morgan fingerprint density at radius 3 is 2.75 bits per heavy atom. The van der Waals surface area contributed by atoms with Crippen LogP contribution in [0.5, 0.6) is 0 Å². The lowest BCUT2D eigenvalue weighted by molar-refractivity contribution is 0.0699. The number of nitrogens with zero attached hydrogens (tertiary/aromatic N) is 1. The summed E-state index contributed by atoms with van der Waals surface area (Å²) >= 11 is 1.12. The number of carboxylic acid groups (broad SMARTS) is 1. The molecule has 0 radical (unpaired) electrons. The van der Waals surface area contributed by atoms with Crippen molar-refractivity contribution in [1.29, 1.82) is 0 Å². The summed E-state index contributed by atoms with van der Waals surface area (Å²) in [7, 11) is 0. The molecule has 0 saturated heterocycles. The number of aromatic carboxylic acids is 1. The summed E-state index contributed by atoms with van der Waals surface area (Å²) < 4.78 is 18.6. The van der Waals surface area contributed by atoms with Gasteiger partial charge in [-0.25, -0.2) is 9.18 Å². The fourth-order valence-electron chi connectivity index (χ4n) is 1.58. The van der Waals surface area contributed by atoms with E-state index in [9.17, 15) is 9.18 Å². The molecule has 84 valence electrons. The van der Waals surface area contributed by atoms with Gasteiger partial charge in [-0.05, 0) is 37.5 Å². The highest BCUT2D eigenvalue weighted by Gasteiger charge is 2.27. The maximum Gasteiger partial charge on any atom is 0.336 e. The van der Waals surface area contributed by atoms with E-state index in [2.05, 4.69) is 4.37 Å². The molecule has 1 aromatic carbocycles. The van der Waals surface area contributed by atoms with Crippen LogP contribution in [-0.2, 0) is 5.67 Å². The van der Waals surface area contributed by atoms with Crippen LogP contribution in [0.15, 0.2) is 18.2 Å². The summed E-state index contributed by atoms with van der Waals surface area (Å²) in [5.41, 5.74) is -1.33. The van der Waals surface area contributed by atoms with E-state index in [0.717, 1.165) is 11.5 Å². The van der Waals surface area contributed by atoms with Crippen molar-refractivity contribution in [2.24, 2.45) is 0 Å². The second-order valence-electron chi connectivity index (χ2n) is 3.99. The average Bonchev–Trinajstić information content (AvgIpc) is 2.59. The number of hydrogen-bond acceptors (Lipinski definition) is 3. The lowest BCUT2D eigenvalue weighted by Gasteiger charge is -2.12. The van der Waals surface area contributed by atoms with Gasteiger partial charge in [-0.2, -0.15) is 4.37 Å². The third-order valence-electron chi connectivity index (χ3n) is 2.29. The average molecular weight is 239 g/mol. The fourth-order valence-corrected chi connectivity index (χ4v) is 2.51. The molecular formula is C11H10FNO2S. The number of fused-ring (bicyclic) bond motifs is 1. The van der Waals surface area contributed by atoms with E-state index >= 15 is 0 Å². The zero-order chi connectivity index (χ0) is 11.9. The Hall–Kier alpha value is -1.49. The number of alkyl halides is 1. The van der Waals surface area contributed by atoms with Crippen LogP contribution >= 0.6 is 11.5 Å². The molecule has 0 saturated carbocycles. The first-order chi connectivity index (χ1) is 7.41. The van der Waals surface area contributed by atoms with Crippen molar-refractivity contribution in [3.8, 4) is 0 Å². The molecule has 0 amide bonds. The van der Waals surface area contributed by atoms with E-state index < -0.39 is 11.6 Å². The van der Waals surface area contributed by atoms with Crippen molar-refractivity contribution in [2.45, 2.75) is 19.5 Å². The van der Waals surface area contributed by atoms with E-state index in [0.29, 0.717) is 10.1 Å². The van der Waals surface area contributed by atoms with Crippen LogP contribution in [0.1, 0.15) is 29.9 Å². The third kappa shape index (κ3) is 1.67. The summed E-state index contributed by atoms with van der Waals surface area (Å²) in [6.45, 7) is 2.75. The third-order valence-corrected chi connectivity index (χ3v) is 3.10. The van der Waals surface area contributed by atoms with E-state index in [1.165, 1.54) is 19.9 Å². The van der Waals surface area contributed by atoms with Crippen molar-refractivity contribution >= 4 is 27.6 Å². The number of aromatic nitrogens is 1. The van der Waals surface area contributed by atoms with Crippen molar-refractivity contribution < 1.29 is 14.3 Å². The molecule has 0 bridgehead atoms. The van der Waals surface area contributed by atoms with Gasteiger partial charge in [0.25, 0.3) is 0 Å². The van der Waals surface area contributed by atoms with Gasteiger partial charge < -0.3 is 5.11 Å². The number of rotatable bonds is 2. The van der Waals surface area contributed by atoms with Crippen LogP contribution in [0.3, 0.4) is 0 Å². The minimum Gasteiger partial charge on any atom is -0.478 e. The molecule has 0 fully saturated rings. The zero-order valence-electron chi connectivity index (χ0n) is 8.82. The zero-order valence-corrected chi connectivity index (χ0v) is 9.64. The Balaban J connectivity index is 2.83. The summed E-state index contributed by atoms with van der Waals surface area (Å²) in [5.74, 6) is -1.06. The molecule has 16 heavy (non-hydrogen) atoms.